The van der Waals surface area contributed by atoms with E-state index in [1.54, 1.807) is 14.0 Å². The van der Waals surface area contributed by atoms with Gasteiger partial charge < -0.3 is 0 Å². The summed E-state index contributed by atoms with van der Waals surface area (Å²) in [6, 6.07) is 1.47. The molecule has 1 heterocycles. The maximum Gasteiger partial charge on any atom is 0.167 e. The standard InChI is InChI=1S/C5H6B2FN/c6-3-1-4(8)5(7)9-2-3/h1-2H,6-7H2. The lowest BCUT2D eigenvalue weighted by molar-refractivity contribution is 0.633. The van der Waals surface area contributed by atoms with Crippen molar-refractivity contribution in [1.29, 1.82) is 0 Å². The van der Waals surface area contributed by atoms with Crippen molar-refractivity contribution in [1.82, 2.24) is 4.98 Å². The van der Waals surface area contributed by atoms with E-state index in [0.717, 1.165) is 5.46 Å². The van der Waals surface area contributed by atoms with Gasteiger partial charge in [-0.05, 0) is 6.07 Å². The van der Waals surface area contributed by atoms with Gasteiger partial charge in [0.25, 0.3) is 0 Å². The van der Waals surface area contributed by atoms with Crippen LogP contribution in [0.2, 0.25) is 0 Å². The van der Waals surface area contributed by atoms with E-state index in [0.29, 0.717) is 5.59 Å². The Morgan fingerprint density at radius 2 is 2.11 bits per heavy atom. The van der Waals surface area contributed by atoms with Gasteiger partial charge in [0.2, 0.25) is 0 Å². The van der Waals surface area contributed by atoms with Crippen LogP contribution in [0, 0.1) is 5.82 Å². The zero-order valence-corrected chi connectivity index (χ0v) is 5.48. The predicted molar refractivity (Wildman–Crippen MR) is 40.6 cm³/mol. The van der Waals surface area contributed by atoms with Gasteiger partial charge in [0.05, 0.1) is 0 Å². The van der Waals surface area contributed by atoms with Gasteiger partial charge in [0.15, 0.2) is 7.85 Å². The molecule has 0 N–H and O–H groups in total. The van der Waals surface area contributed by atoms with Gasteiger partial charge in [-0.3, -0.25) is 4.98 Å². The molecule has 0 bridgehead atoms. The lowest BCUT2D eigenvalue weighted by Crippen LogP contribution is -2.18. The number of rotatable bonds is 0. The number of hydrogen-bond donors (Lipinski definition) is 0. The van der Waals surface area contributed by atoms with Crippen LogP contribution in [0.4, 0.5) is 4.39 Å². The van der Waals surface area contributed by atoms with Crippen LogP contribution in [0.3, 0.4) is 0 Å². The average molecular weight is 121 g/mol. The number of halogens is 1. The molecule has 0 atom stereocenters. The summed E-state index contributed by atoms with van der Waals surface area (Å²) in [5, 5.41) is 0. The van der Waals surface area contributed by atoms with E-state index in [1.165, 1.54) is 6.07 Å². The van der Waals surface area contributed by atoms with Crippen molar-refractivity contribution < 1.29 is 4.39 Å². The fraction of sp³-hybridized carbons (Fsp3) is 0. The quantitative estimate of drug-likeness (QED) is 0.353. The van der Waals surface area contributed by atoms with Crippen LogP contribution in [0.25, 0.3) is 0 Å². The van der Waals surface area contributed by atoms with E-state index in [1.807, 2.05) is 7.85 Å². The first-order chi connectivity index (χ1) is 4.20. The molecule has 9 heavy (non-hydrogen) atoms. The van der Waals surface area contributed by atoms with Crippen LogP contribution in [0.1, 0.15) is 0 Å². The highest BCUT2D eigenvalue weighted by molar-refractivity contribution is 6.34. The third kappa shape index (κ3) is 1.31. The smallest absolute Gasteiger partial charge is 0.167 e. The summed E-state index contributed by atoms with van der Waals surface area (Å²) in [7, 11) is 3.46. The molecule has 0 radical (unpaired) electrons. The molecule has 0 saturated carbocycles. The maximum atomic E-state index is 12.5. The molecule has 1 rings (SSSR count). The molecule has 0 fully saturated rings. The molecular formula is C5H6B2FN. The van der Waals surface area contributed by atoms with Gasteiger partial charge in [-0.15, -0.1) is 0 Å². The average Bonchev–Trinajstić information content (AvgIpc) is 1.80. The molecule has 1 aromatic rings. The highest BCUT2D eigenvalue weighted by Gasteiger charge is 1.94. The largest absolute Gasteiger partial charge is 0.270 e. The van der Waals surface area contributed by atoms with Crippen LogP contribution in [0.5, 0.6) is 0 Å². The fourth-order valence-corrected chi connectivity index (χ4v) is 0.602. The van der Waals surface area contributed by atoms with Crippen LogP contribution >= 0.6 is 0 Å². The zero-order valence-electron chi connectivity index (χ0n) is 5.48. The third-order valence-corrected chi connectivity index (χ3v) is 1.16. The monoisotopic (exact) mass is 121 g/mol. The summed E-state index contributed by atoms with van der Waals surface area (Å²) in [6.07, 6.45) is 1.65. The summed E-state index contributed by atoms with van der Waals surface area (Å²) in [4.78, 5) is 3.80. The molecule has 0 aromatic carbocycles. The molecule has 44 valence electrons. The van der Waals surface area contributed by atoms with Crippen molar-refractivity contribution >= 4 is 26.7 Å². The predicted octanol–water partition coefficient (Wildman–Crippen LogP) is -2.26. The van der Waals surface area contributed by atoms with Gasteiger partial charge in [0.1, 0.15) is 13.7 Å². The van der Waals surface area contributed by atoms with E-state index in [9.17, 15) is 4.39 Å². The molecule has 0 saturated heterocycles. The number of aromatic nitrogens is 1. The zero-order chi connectivity index (χ0) is 6.85. The maximum absolute atomic E-state index is 12.5. The van der Waals surface area contributed by atoms with Crippen molar-refractivity contribution in [3.8, 4) is 0 Å². The van der Waals surface area contributed by atoms with Crippen LogP contribution in [-0.2, 0) is 0 Å². The Hall–Kier alpha value is -0.790. The molecule has 0 unspecified atom stereocenters. The molecule has 1 nitrogen and oxygen atoms in total. The van der Waals surface area contributed by atoms with Crippen molar-refractivity contribution in [2.75, 3.05) is 0 Å². The number of nitrogens with zero attached hydrogens (tertiary/aromatic N) is 1. The van der Waals surface area contributed by atoms with Gasteiger partial charge in [-0.1, -0.05) is 5.46 Å². The van der Waals surface area contributed by atoms with Gasteiger partial charge in [-0.2, -0.15) is 0 Å². The molecule has 0 aliphatic carbocycles. The lowest BCUT2D eigenvalue weighted by Gasteiger charge is -1.94. The van der Waals surface area contributed by atoms with E-state index >= 15 is 0 Å². The Morgan fingerprint density at radius 3 is 2.56 bits per heavy atom. The fourth-order valence-electron chi connectivity index (χ4n) is 0.602. The second-order valence-corrected chi connectivity index (χ2v) is 2.08. The van der Waals surface area contributed by atoms with E-state index in [4.69, 9.17) is 0 Å². The molecule has 0 aliphatic rings. The van der Waals surface area contributed by atoms with E-state index in [2.05, 4.69) is 4.98 Å². The highest BCUT2D eigenvalue weighted by atomic mass is 19.1. The molecule has 0 spiro atoms. The first kappa shape index (κ1) is 6.33. The summed E-state index contributed by atoms with van der Waals surface area (Å²) < 4.78 is 12.5. The first-order valence-corrected chi connectivity index (χ1v) is 2.79. The SMILES string of the molecule is Bc1cnc(B)c(F)c1. The molecule has 4 heteroatoms. The summed E-state index contributed by atoms with van der Waals surface area (Å²) in [6.45, 7) is 0. The summed E-state index contributed by atoms with van der Waals surface area (Å²) in [5.74, 6) is -0.227. The Balaban J connectivity index is 3.17. The lowest BCUT2D eigenvalue weighted by atomic mass is 9.95. The van der Waals surface area contributed by atoms with Gasteiger partial charge in [-0.25, -0.2) is 4.39 Å². The third-order valence-electron chi connectivity index (χ3n) is 1.16. The first-order valence-electron chi connectivity index (χ1n) is 2.79. The molecular weight excluding hydrogens is 115 g/mol. The topological polar surface area (TPSA) is 12.9 Å². The molecule has 0 amide bonds. The second kappa shape index (κ2) is 2.21. The van der Waals surface area contributed by atoms with Crippen molar-refractivity contribution in [2.24, 2.45) is 0 Å². The van der Waals surface area contributed by atoms with Gasteiger partial charge in [0, 0.05) is 11.8 Å². The Labute approximate surface area is 55.1 Å². The van der Waals surface area contributed by atoms with Crippen molar-refractivity contribution in [2.45, 2.75) is 0 Å². The number of pyridine rings is 1. The number of hydrogen-bond acceptors (Lipinski definition) is 1. The van der Waals surface area contributed by atoms with E-state index < -0.39 is 0 Å². The Morgan fingerprint density at radius 1 is 1.44 bits per heavy atom. The summed E-state index contributed by atoms with van der Waals surface area (Å²) in [5.41, 5.74) is 1.32. The van der Waals surface area contributed by atoms with Crippen molar-refractivity contribution in [3.63, 3.8) is 0 Å². The second-order valence-electron chi connectivity index (χ2n) is 2.08. The highest BCUT2D eigenvalue weighted by Crippen LogP contribution is 1.82. The molecule has 1 aromatic heterocycles. The van der Waals surface area contributed by atoms with Crippen molar-refractivity contribution in [3.05, 3.63) is 18.1 Å². The minimum atomic E-state index is -0.227. The molecule has 0 aliphatic heterocycles. The minimum absolute atomic E-state index is 0.227. The summed E-state index contributed by atoms with van der Waals surface area (Å²) >= 11 is 0. The van der Waals surface area contributed by atoms with Crippen LogP contribution in [-0.4, -0.2) is 20.7 Å². The normalized spacial score (nSPS) is 9.44. The minimum Gasteiger partial charge on any atom is -0.270 e. The van der Waals surface area contributed by atoms with Gasteiger partial charge >= 0.3 is 0 Å². The van der Waals surface area contributed by atoms with Crippen LogP contribution in [0.15, 0.2) is 12.3 Å². The van der Waals surface area contributed by atoms with Crippen LogP contribution < -0.4 is 11.1 Å². The Kier molecular flexibility index (Phi) is 1.56. The van der Waals surface area contributed by atoms with E-state index in [-0.39, 0.29) is 5.82 Å². The Bertz CT molecular complexity index is 226.